The van der Waals surface area contributed by atoms with Gasteiger partial charge < -0.3 is 5.73 Å². The van der Waals surface area contributed by atoms with Crippen LogP contribution in [0.2, 0.25) is 0 Å². The molecule has 2 aromatic carbocycles. The van der Waals surface area contributed by atoms with E-state index in [0.29, 0.717) is 0 Å². The number of aryl methyl sites for hydroxylation is 2. The molecule has 1 unspecified atom stereocenters. The Hall–Kier alpha value is -0.870. The van der Waals surface area contributed by atoms with E-state index in [-0.39, 0.29) is 6.04 Å². The summed E-state index contributed by atoms with van der Waals surface area (Å²) >= 11 is 2.30. The van der Waals surface area contributed by atoms with Crippen LogP contribution in [0.1, 0.15) is 28.3 Å². The van der Waals surface area contributed by atoms with Crippen LogP contribution in [0.5, 0.6) is 0 Å². The van der Waals surface area contributed by atoms with Crippen LogP contribution >= 0.6 is 22.6 Å². The van der Waals surface area contributed by atoms with E-state index in [1.54, 1.807) is 0 Å². The van der Waals surface area contributed by atoms with Crippen LogP contribution in [-0.4, -0.2) is 0 Å². The molecule has 0 spiro atoms. The van der Waals surface area contributed by atoms with Gasteiger partial charge in [0.2, 0.25) is 0 Å². The second-order valence-corrected chi connectivity index (χ2v) is 5.62. The molecular formula is C15H16IN. The van der Waals surface area contributed by atoms with Gasteiger partial charge in [0.05, 0.1) is 6.04 Å². The molecule has 0 saturated heterocycles. The first-order chi connectivity index (χ1) is 8.08. The molecule has 0 fully saturated rings. The average molecular weight is 337 g/mol. The summed E-state index contributed by atoms with van der Waals surface area (Å²) in [6, 6.07) is 14.8. The zero-order valence-electron chi connectivity index (χ0n) is 10.1. The Balaban J connectivity index is 2.33. The highest BCUT2D eigenvalue weighted by atomic mass is 127. The summed E-state index contributed by atoms with van der Waals surface area (Å²) in [7, 11) is 0. The Kier molecular flexibility index (Phi) is 3.84. The zero-order valence-corrected chi connectivity index (χ0v) is 12.2. The molecule has 0 aliphatic rings. The summed E-state index contributed by atoms with van der Waals surface area (Å²) in [6.07, 6.45) is 0. The van der Waals surface area contributed by atoms with Crippen molar-refractivity contribution in [2.24, 2.45) is 5.73 Å². The Morgan fingerprint density at radius 1 is 0.882 bits per heavy atom. The predicted molar refractivity (Wildman–Crippen MR) is 81.1 cm³/mol. The highest BCUT2D eigenvalue weighted by Crippen LogP contribution is 2.22. The fraction of sp³-hybridized carbons (Fsp3) is 0.200. The van der Waals surface area contributed by atoms with Crippen molar-refractivity contribution in [2.75, 3.05) is 0 Å². The first-order valence-corrected chi connectivity index (χ1v) is 6.74. The van der Waals surface area contributed by atoms with E-state index in [9.17, 15) is 0 Å². The molecule has 1 atom stereocenters. The third kappa shape index (κ3) is 2.87. The second-order valence-electron chi connectivity index (χ2n) is 4.37. The molecular weight excluding hydrogens is 321 g/mol. The summed E-state index contributed by atoms with van der Waals surface area (Å²) in [4.78, 5) is 0. The number of hydrogen-bond donors (Lipinski definition) is 1. The highest BCUT2D eigenvalue weighted by Gasteiger charge is 2.09. The third-order valence-electron chi connectivity index (χ3n) is 3.12. The minimum Gasteiger partial charge on any atom is -0.320 e. The van der Waals surface area contributed by atoms with Gasteiger partial charge >= 0.3 is 0 Å². The number of halogens is 1. The largest absolute Gasteiger partial charge is 0.320 e. The summed E-state index contributed by atoms with van der Waals surface area (Å²) in [5.41, 5.74) is 11.2. The minimum atomic E-state index is -0.0358. The average Bonchev–Trinajstić information content (AvgIpc) is 2.33. The standard InChI is InChI=1S/C15H16IN/c1-10-3-4-13(9-11(10)2)15(17)12-5-7-14(16)8-6-12/h3-9,15H,17H2,1-2H3. The van der Waals surface area contributed by atoms with Gasteiger partial charge in [-0.05, 0) is 70.8 Å². The molecule has 2 rings (SSSR count). The lowest BCUT2D eigenvalue weighted by Crippen LogP contribution is -2.12. The maximum absolute atomic E-state index is 6.28. The smallest absolute Gasteiger partial charge is 0.0551 e. The lowest BCUT2D eigenvalue weighted by molar-refractivity contribution is 0.868. The number of benzene rings is 2. The zero-order chi connectivity index (χ0) is 12.4. The molecule has 88 valence electrons. The quantitative estimate of drug-likeness (QED) is 0.825. The van der Waals surface area contributed by atoms with E-state index in [1.807, 2.05) is 0 Å². The normalized spacial score (nSPS) is 12.5. The summed E-state index contributed by atoms with van der Waals surface area (Å²) in [5, 5.41) is 0. The van der Waals surface area contributed by atoms with Gasteiger partial charge in [0.25, 0.3) is 0 Å². The maximum Gasteiger partial charge on any atom is 0.0551 e. The molecule has 0 radical (unpaired) electrons. The van der Waals surface area contributed by atoms with Crippen LogP contribution in [0.25, 0.3) is 0 Å². The minimum absolute atomic E-state index is 0.0358. The van der Waals surface area contributed by atoms with Crippen LogP contribution < -0.4 is 5.73 Å². The fourth-order valence-corrected chi connectivity index (χ4v) is 2.18. The van der Waals surface area contributed by atoms with Crippen LogP contribution in [0, 0.1) is 17.4 Å². The van der Waals surface area contributed by atoms with Gasteiger partial charge in [0.15, 0.2) is 0 Å². The van der Waals surface area contributed by atoms with E-state index in [0.717, 1.165) is 5.56 Å². The number of nitrogens with two attached hydrogens (primary N) is 1. The van der Waals surface area contributed by atoms with E-state index < -0.39 is 0 Å². The monoisotopic (exact) mass is 337 g/mol. The molecule has 2 N–H and O–H groups in total. The molecule has 17 heavy (non-hydrogen) atoms. The third-order valence-corrected chi connectivity index (χ3v) is 3.84. The number of rotatable bonds is 2. The van der Waals surface area contributed by atoms with Crippen molar-refractivity contribution in [1.82, 2.24) is 0 Å². The van der Waals surface area contributed by atoms with Gasteiger partial charge in [-0.3, -0.25) is 0 Å². The highest BCUT2D eigenvalue weighted by molar-refractivity contribution is 14.1. The Labute approximate surface area is 116 Å². The molecule has 0 aliphatic heterocycles. The van der Waals surface area contributed by atoms with Crippen LogP contribution in [0.4, 0.5) is 0 Å². The van der Waals surface area contributed by atoms with Gasteiger partial charge in [0, 0.05) is 3.57 Å². The van der Waals surface area contributed by atoms with Crippen LogP contribution in [0.15, 0.2) is 42.5 Å². The Morgan fingerprint density at radius 3 is 2.06 bits per heavy atom. The van der Waals surface area contributed by atoms with Crippen molar-refractivity contribution in [1.29, 1.82) is 0 Å². The second kappa shape index (κ2) is 5.19. The van der Waals surface area contributed by atoms with Crippen molar-refractivity contribution in [3.8, 4) is 0 Å². The molecule has 2 aromatic rings. The summed E-state index contributed by atoms with van der Waals surface area (Å²) in [6.45, 7) is 4.25. The topological polar surface area (TPSA) is 26.0 Å². The molecule has 0 amide bonds. The van der Waals surface area contributed by atoms with Crippen LogP contribution in [0.3, 0.4) is 0 Å². The van der Waals surface area contributed by atoms with Crippen molar-refractivity contribution in [2.45, 2.75) is 19.9 Å². The van der Waals surface area contributed by atoms with Gasteiger partial charge in [-0.2, -0.15) is 0 Å². The van der Waals surface area contributed by atoms with Crippen molar-refractivity contribution in [3.05, 3.63) is 68.3 Å². The Morgan fingerprint density at radius 2 is 1.47 bits per heavy atom. The van der Waals surface area contributed by atoms with Crippen molar-refractivity contribution in [3.63, 3.8) is 0 Å². The summed E-state index contributed by atoms with van der Waals surface area (Å²) in [5.74, 6) is 0. The van der Waals surface area contributed by atoms with Crippen molar-refractivity contribution < 1.29 is 0 Å². The van der Waals surface area contributed by atoms with E-state index in [1.165, 1.54) is 20.3 Å². The number of hydrogen-bond acceptors (Lipinski definition) is 1. The summed E-state index contributed by atoms with van der Waals surface area (Å²) < 4.78 is 1.23. The Bertz CT molecular complexity index is 517. The first kappa shape index (κ1) is 12.6. The van der Waals surface area contributed by atoms with Gasteiger partial charge in [-0.25, -0.2) is 0 Å². The molecule has 0 aliphatic carbocycles. The van der Waals surface area contributed by atoms with E-state index in [2.05, 4.69) is 78.9 Å². The lowest BCUT2D eigenvalue weighted by Gasteiger charge is -2.14. The molecule has 0 aromatic heterocycles. The predicted octanol–water partition coefficient (Wildman–Crippen LogP) is 3.96. The van der Waals surface area contributed by atoms with E-state index in [4.69, 9.17) is 5.73 Å². The molecule has 1 nitrogen and oxygen atoms in total. The maximum atomic E-state index is 6.28. The van der Waals surface area contributed by atoms with Gasteiger partial charge in [-0.15, -0.1) is 0 Å². The lowest BCUT2D eigenvalue weighted by atomic mass is 9.96. The fourth-order valence-electron chi connectivity index (χ4n) is 1.82. The van der Waals surface area contributed by atoms with E-state index >= 15 is 0 Å². The first-order valence-electron chi connectivity index (χ1n) is 5.66. The SMILES string of the molecule is Cc1ccc(C(N)c2ccc(I)cc2)cc1C. The van der Waals surface area contributed by atoms with Gasteiger partial charge in [-0.1, -0.05) is 30.3 Å². The molecule has 0 saturated carbocycles. The molecule has 0 bridgehead atoms. The van der Waals surface area contributed by atoms with Crippen LogP contribution in [-0.2, 0) is 0 Å². The molecule has 2 heteroatoms. The van der Waals surface area contributed by atoms with Gasteiger partial charge in [0.1, 0.15) is 0 Å². The molecule has 0 heterocycles. The van der Waals surface area contributed by atoms with Crippen molar-refractivity contribution >= 4 is 22.6 Å².